The van der Waals surface area contributed by atoms with Crippen LogP contribution in [0.3, 0.4) is 0 Å². The van der Waals surface area contributed by atoms with E-state index in [2.05, 4.69) is 0 Å². The second-order valence-corrected chi connectivity index (χ2v) is 3.46. The minimum Gasteiger partial charge on any atom is -0.507 e. The van der Waals surface area contributed by atoms with Crippen molar-refractivity contribution in [2.75, 3.05) is 19.8 Å². The molecule has 0 bridgehead atoms. The van der Waals surface area contributed by atoms with Crippen LogP contribution < -0.4 is 0 Å². The maximum atomic E-state index is 11.7. The third kappa shape index (κ3) is 4.35. The maximum absolute atomic E-state index is 11.7. The van der Waals surface area contributed by atoms with Gasteiger partial charge in [-0.25, -0.2) is 4.79 Å². The molecule has 0 heterocycles. The quantitative estimate of drug-likeness (QED) is 0.595. The van der Waals surface area contributed by atoms with Crippen LogP contribution in [0.15, 0.2) is 24.3 Å². The summed E-state index contributed by atoms with van der Waals surface area (Å²) >= 11 is 0. The molecule has 1 aromatic carbocycles. The molecule has 0 radical (unpaired) electrons. The molecular weight excluding hydrogens is 236 g/mol. The van der Waals surface area contributed by atoms with E-state index in [0.717, 1.165) is 0 Å². The van der Waals surface area contributed by atoms with E-state index in [9.17, 15) is 9.90 Å². The average molecular weight is 254 g/mol. The molecule has 5 heteroatoms. The Kier molecular flexibility index (Phi) is 6.18. The Balaban J connectivity index is 2.52. The monoisotopic (exact) mass is 254 g/mol. The Labute approximate surface area is 106 Å². The van der Waals surface area contributed by atoms with Crippen LogP contribution in [-0.4, -0.2) is 37.2 Å². The van der Waals surface area contributed by atoms with E-state index in [-0.39, 0.29) is 17.9 Å². The molecule has 1 aromatic rings. The Morgan fingerprint density at radius 3 is 2.39 bits per heavy atom. The molecule has 0 saturated carbocycles. The molecule has 0 aliphatic carbocycles. The number of para-hydroxylation sites is 1. The lowest BCUT2D eigenvalue weighted by molar-refractivity contribution is -0.158. The van der Waals surface area contributed by atoms with Gasteiger partial charge in [0.1, 0.15) is 17.9 Å². The van der Waals surface area contributed by atoms with Gasteiger partial charge in [0.05, 0.1) is 0 Å². The number of carbonyl (C=O) groups excluding carboxylic acids is 1. The number of benzene rings is 1. The zero-order valence-corrected chi connectivity index (χ0v) is 10.6. The molecular formula is C13H18O5. The molecule has 0 fully saturated rings. The van der Waals surface area contributed by atoms with Crippen LogP contribution in [0, 0.1) is 0 Å². The molecule has 5 nitrogen and oxygen atoms in total. The lowest BCUT2D eigenvalue weighted by Gasteiger charge is -2.16. The Morgan fingerprint density at radius 1 is 1.22 bits per heavy atom. The van der Waals surface area contributed by atoms with Crippen molar-refractivity contribution in [3.63, 3.8) is 0 Å². The van der Waals surface area contributed by atoms with Crippen molar-refractivity contribution in [3.05, 3.63) is 29.8 Å². The van der Waals surface area contributed by atoms with Gasteiger partial charge in [0.25, 0.3) is 0 Å². The van der Waals surface area contributed by atoms with Crippen molar-refractivity contribution in [2.45, 2.75) is 20.1 Å². The molecule has 0 unspecified atom stereocenters. The molecule has 1 rings (SSSR count). The summed E-state index contributed by atoms with van der Waals surface area (Å²) in [7, 11) is 0. The van der Waals surface area contributed by atoms with Crippen LogP contribution >= 0.6 is 0 Å². The lowest BCUT2D eigenvalue weighted by atomic mass is 10.2. The van der Waals surface area contributed by atoms with Gasteiger partial charge in [-0.1, -0.05) is 12.1 Å². The molecule has 0 aliphatic heterocycles. The number of aromatic hydroxyl groups is 1. The number of carbonyl (C=O) groups is 1. The molecule has 0 amide bonds. The van der Waals surface area contributed by atoms with Gasteiger partial charge in [-0.15, -0.1) is 0 Å². The van der Waals surface area contributed by atoms with Crippen LogP contribution in [-0.2, 0) is 14.2 Å². The highest BCUT2D eigenvalue weighted by atomic mass is 16.7. The van der Waals surface area contributed by atoms with Gasteiger partial charge in [0.15, 0.2) is 6.29 Å². The second-order valence-electron chi connectivity index (χ2n) is 3.46. The zero-order valence-electron chi connectivity index (χ0n) is 10.6. The van der Waals surface area contributed by atoms with Crippen molar-refractivity contribution in [1.29, 1.82) is 0 Å². The van der Waals surface area contributed by atoms with E-state index in [0.29, 0.717) is 13.2 Å². The van der Waals surface area contributed by atoms with Gasteiger partial charge in [0.2, 0.25) is 0 Å². The normalized spacial score (nSPS) is 10.6. The zero-order chi connectivity index (χ0) is 13.4. The highest BCUT2D eigenvalue weighted by Gasteiger charge is 2.15. The number of esters is 1. The van der Waals surface area contributed by atoms with Crippen molar-refractivity contribution in [3.8, 4) is 5.75 Å². The number of hydrogen-bond acceptors (Lipinski definition) is 5. The number of phenols is 1. The summed E-state index contributed by atoms with van der Waals surface area (Å²) in [6, 6.07) is 6.21. The topological polar surface area (TPSA) is 65.0 Å². The molecule has 1 N–H and O–H groups in total. The second kappa shape index (κ2) is 7.68. The third-order valence-corrected chi connectivity index (χ3v) is 2.18. The molecule has 0 spiro atoms. The van der Waals surface area contributed by atoms with Crippen LogP contribution in [0.1, 0.15) is 24.2 Å². The smallest absolute Gasteiger partial charge is 0.342 e. The molecule has 18 heavy (non-hydrogen) atoms. The fourth-order valence-corrected chi connectivity index (χ4v) is 1.38. The largest absolute Gasteiger partial charge is 0.507 e. The fourth-order valence-electron chi connectivity index (χ4n) is 1.38. The standard InChI is InChI=1S/C13H18O5/c1-3-16-12(17-4-2)9-18-13(15)10-7-5-6-8-11(10)14/h5-8,12,14H,3-4,9H2,1-2H3. The first kappa shape index (κ1) is 14.5. The van der Waals surface area contributed by atoms with Crippen molar-refractivity contribution in [1.82, 2.24) is 0 Å². The number of rotatable bonds is 7. The summed E-state index contributed by atoms with van der Waals surface area (Å²) in [5, 5.41) is 9.49. The van der Waals surface area contributed by atoms with E-state index in [1.54, 1.807) is 12.1 Å². The van der Waals surface area contributed by atoms with Crippen LogP contribution in [0.4, 0.5) is 0 Å². The summed E-state index contributed by atoms with van der Waals surface area (Å²) < 4.78 is 15.5. The number of hydrogen-bond donors (Lipinski definition) is 1. The fraction of sp³-hybridized carbons (Fsp3) is 0.462. The lowest BCUT2D eigenvalue weighted by Crippen LogP contribution is -2.25. The first-order chi connectivity index (χ1) is 8.69. The summed E-state index contributed by atoms with van der Waals surface area (Å²) in [4.78, 5) is 11.7. The summed E-state index contributed by atoms with van der Waals surface area (Å²) in [5.41, 5.74) is 0.129. The minimum atomic E-state index is -0.600. The van der Waals surface area contributed by atoms with Crippen LogP contribution in [0.5, 0.6) is 5.75 Å². The first-order valence-electron chi connectivity index (χ1n) is 5.87. The van der Waals surface area contributed by atoms with Gasteiger partial charge in [-0.05, 0) is 26.0 Å². The van der Waals surface area contributed by atoms with Gasteiger partial charge in [-0.3, -0.25) is 0 Å². The first-order valence-corrected chi connectivity index (χ1v) is 5.87. The van der Waals surface area contributed by atoms with E-state index in [1.165, 1.54) is 12.1 Å². The van der Waals surface area contributed by atoms with E-state index >= 15 is 0 Å². The summed E-state index contributed by atoms with van der Waals surface area (Å²) in [6.07, 6.45) is -0.574. The summed E-state index contributed by atoms with van der Waals surface area (Å²) in [5.74, 6) is -0.704. The van der Waals surface area contributed by atoms with Gasteiger partial charge in [-0.2, -0.15) is 0 Å². The van der Waals surface area contributed by atoms with Gasteiger partial charge >= 0.3 is 5.97 Å². The van der Waals surface area contributed by atoms with Crippen molar-refractivity contribution >= 4 is 5.97 Å². The molecule has 0 aliphatic rings. The average Bonchev–Trinajstić information content (AvgIpc) is 2.36. The maximum Gasteiger partial charge on any atom is 0.342 e. The highest BCUT2D eigenvalue weighted by molar-refractivity contribution is 5.92. The SMILES string of the molecule is CCOC(COC(=O)c1ccccc1O)OCC. The van der Waals surface area contributed by atoms with E-state index < -0.39 is 12.3 Å². The molecule has 0 saturated heterocycles. The van der Waals surface area contributed by atoms with E-state index in [4.69, 9.17) is 14.2 Å². The van der Waals surface area contributed by atoms with Crippen LogP contribution in [0.2, 0.25) is 0 Å². The Hall–Kier alpha value is -1.59. The predicted octanol–water partition coefficient (Wildman–Crippen LogP) is 1.95. The molecule has 100 valence electrons. The number of phenolic OH excluding ortho intramolecular Hbond substituents is 1. The summed E-state index contributed by atoms with van der Waals surface area (Å²) in [6.45, 7) is 4.60. The Bertz CT molecular complexity index is 371. The van der Waals surface area contributed by atoms with E-state index in [1.807, 2.05) is 13.8 Å². The predicted molar refractivity (Wildman–Crippen MR) is 65.4 cm³/mol. The highest BCUT2D eigenvalue weighted by Crippen LogP contribution is 2.16. The van der Waals surface area contributed by atoms with Crippen molar-refractivity contribution < 1.29 is 24.1 Å². The van der Waals surface area contributed by atoms with Gasteiger partial charge < -0.3 is 19.3 Å². The molecule has 0 atom stereocenters. The Morgan fingerprint density at radius 2 is 1.83 bits per heavy atom. The van der Waals surface area contributed by atoms with Crippen LogP contribution in [0.25, 0.3) is 0 Å². The third-order valence-electron chi connectivity index (χ3n) is 2.18. The van der Waals surface area contributed by atoms with Crippen molar-refractivity contribution in [2.24, 2.45) is 0 Å². The number of ether oxygens (including phenoxy) is 3. The van der Waals surface area contributed by atoms with Gasteiger partial charge in [0, 0.05) is 13.2 Å². The minimum absolute atomic E-state index is 0.00511. The molecule has 0 aromatic heterocycles.